The van der Waals surface area contributed by atoms with E-state index in [1.54, 1.807) is 6.07 Å². The molecule has 3 N–H and O–H groups in total. The van der Waals surface area contributed by atoms with Gasteiger partial charge >= 0.3 is 0 Å². The fraction of sp³-hybridized carbons (Fsp3) is 0.412. The number of rotatable bonds is 4. The van der Waals surface area contributed by atoms with Crippen molar-refractivity contribution in [1.82, 2.24) is 20.8 Å². The zero-order valence-corrected chi connectivity index (χ0v) is 13.4. The number of hydrogen-bond acceptors (Lipinski definition) is 3. The Hall–Kier alpha value is -2.21. The standard InChI is InChI=1S/C17H21FN4O/c1-17(2,11-4-3-5-12(18)8-11)10-20-16(23)15-13-9-19-7-6-14(13)21-22-15/h3-5,8,19H,6-7,9-10H2,1-2H3,(H,20,23)(H,21,22). The normalized spacial score (nSPS) is 14.4. The van der Waals surface area contributed by atoms with E-state index < -0.39 is 0 Å². The first kappa shape index (κ1) is 15.7. The molecule has 1 aliphatic rings. The van der Waals surface area contributed by atoms with Gasteiger partial charge in [-0.3, -0.25) is 9.89 Å². The summed E-state index contributed by atoms with van der Waals surface area (Å²) < 4.78 is 13.4. The maximum Gasteiger partial charge on any atom is 0.272 e. The highest BCUT2D eigenvalue weighted by Gasteiger charge is 2.25. The Morgan fingerprint density at radius 1 is 1.43 bits per heavy atom. The van der Waals surface area contributed by atoms with Crippen LogP contribution in [0.15, 0.2) is 24.3 Å². The summed E-state index contributed by atoms with van der Waals surface area (Å²) in [6.07, 6.45) is 0.852. The van der Waals surface area contributed by atoms with Crippen molar-refractivity contribution in [2.45, 2.75) is 32.2 Å². The number of H-pyrrole nitrogens is 1. The van der Waals surface area contributed by atoms with Crippen molar-refractivity contribution < 1.29 is 9.18 Å². The Morgan fingerprint density at radius 3 is 3.04 bits per heavy atom. The fourth-order valence-corrected chi connectivity index (χ4v) is 2.81. The fourth-order valence-electron chi connectivity index (χ4n) is 2.81. The summed E-state index contributed by atoms with van der Waals surface area (Å²) >= 11 is 0. The summed E-state index contributed by atoms with van der Waals surface area (Å²) in [5.41, 5.74) is 2.90. The molecule has 0 saturated carbocycles. The first-order valence-corrected chi connectivity index (χ1v) is 7.78. The van der Waals surface area contributed by atoms with Crippen molar-refractivity contribution in [3.05, 3.63) is 52.6 Å². The molecule has 0 bridgehead atoms. The van der Waals surface area contributed by atoms with Gasteiger partial charge in [-0.2, -0.15) is 5.10 Å². The lowest BCUT2D eigenvalue weighted by molar-refractivity contribution is 0.0939. The Labute approximate surface area is 134 Å². The predicted molar refractivity (Wildman–Crippen MR) is 85.8 cm³/mol. The minimum atomic E-state index is -0.369. The van der Waals surface area contributed by atoms with Gasteiger partial charge in [-0.25, -0.2) is 4.39 Å². The number of benzene rings is 1. The van der Waals surface area contributed by atoms with Gasteiger partial charge in [0.15, 0.2) is 5.69 Å². The van der Waals surface area contributed by atoms with Crippen molar-refractivity contribution in [2.75, 3.05) is 13.1 Å². The summed E-state index contributed by atoms with van der Waals surface area (Å²) in [4.78, 5) is 12.4. The van der Waals surface area contributed by atoms with E-state index >= 15 is 0 Å². The smallest absolute Gasteiger partial charge is 0.272 e. The number of hydrogen-bond donors (Lipinski definition) is 3. The summed E-state index contributed by atoms with van der Waals surface area (Å²) in [7, 11) is 0. The summed E-state index contributed by atoms with van der Waals surface area (Å²) in [6, 6.07) is 6.48. The van der Waals surface area contributed by atoms with Crippen molar-refractivity contribution in [2.24, 2.45) is 0 Å². The zero-order valence-electron chi connectivity index (χ0n) is 13.4. The van der Waals surface area contributed by atoms with Gasteiger partial charge < -0.3 is 10.6 Å². The number of amides is 1. The zero-order chi connectivity index (χ0) is 16.4. The number of nitrogens with zero attached hydrogens (tertiary/aromatic N) is 1. The quantitative estimate of drug-likeness (QED) is 0.807. The largest absolute Gasteiger partial charge is 0.350 e. The molecule has 0 fully saturated rings. The molecule has 1 aromatic heterocycles. The number of aromatic amines is 1. The lowest BCUT2D eigenvalue weighted by Crippen LogP contribution is -2.37. The van der Waals surface area contributed by atoms with Crippen LogP contribution in [-0.2, 0) is 18.4 Å². The molecular formula is C17H21FN4O. The van der Waals surface area contributed by atoms with Crippen LogP contribution >= 0.6 is 0 Å². The van der Waals surface area contributed by atoms with Gasteiger partial charge in [-0.1, -0.05) is 26.0 Å². The van der Waals surface area contributed by atoms with Gasteiger partial charge in [0.05, 0.1) is 0 Å². The molecule has 0 aliphatic carbocycles. The van der Waals surface area contributed by atoms with Crippen LogP contribution in [0.25, 0.3) is 0 Å². The molecule has 0 atom stereocenters. The van der Waals surface area contributed by atoms with E-state index in [9.17, 15) is 9.18 Å². The first-order valence-electron chi connectivity index (χ1n) is 7.78. The van der Waals surface area contributed by atoms with Crippen LogP contribution < -0.4 is 10.6 Å². The van der Waals surface area contributed by atoms with Crippen LogP contribution in [0.1, 0.15) is 41.2 Å². The first-order chi connectivity index (χ1) is 11.0. The number of aromatic nitrogens is 2. The van der Waals surface area contributed by atoms with Crippen molar-refractivity contribution in [3.63, 3.8) is 0 Å². The Bertz CT molecular complexity index is 723. The highest BCUT2D eigenvalue weighted by molar-refractivity contribution is 5.94. The number of carbonyl (C=O) groups is 1. The van der Waals surface area contributed by atoms with E-state index in [2.05, 4.69) is 20.8 Å². The Kier molecular flexibility index (Phi) is 4.17. The summed E-state index contributed by atoms with van der Waals surface area (Å²) in [5.74, 6) is -0.468. The third-order valence-electron chi connectivity index (χ3n) is 4.32. The number of carbonyl (C=O) groups excluding carboxylic acids is 1. The van der Waals surface area contributed by atoms with Gasteiger partial charge in [0.1, 0.15) is 5.82 Å². The maximum absolute atomic E-state index is 13.4. The van der Waals surface area contributed by atoms with Gasteiger partial charge in [0, 0.05) is 42.7 Å². The molecule has 23 heavy (non-hydrogen) atoms. The topological polar surface area (TPSA) is 69.8 Å². The maximum atomic E-state index is 13.4. The average molecular weight is 316 g/mol. The molecule has 1 amide bonds. The molecule has 0 saturated heterocycles. The number of nitrogens with one attached hydrogen (secondary N) is 3. The van der Waals surface area contributed by atoms with E-state index in [-0.39, 0.29) is 17.1 Å². The third kappa shape index (κ3) is 3.27. The second-order valence-electron chi connectivity index (χ2n) is 6.53. The van der Waals surface area contributed by atoms with Crippen LogP contribution in [0.3, 0.4) is 0 Å². The lowest BCUT2D eigenvalue weighted by Gasteiger charge is -2.25. The van der Waals surface area contributed by atoms with Crippen LogP contribution in [0.4, 0.5) is 4.39 Å². The van der Waals surface area contributed by atoms with E-state index in [0.29, 0.717) is 18.8 Å². The highest BCUT2D eigenvalue weighted by atomic mass is 19.1. The molecule has 1 aliphatic heterocycles. The minimum Gasteiger partial charge on any atom is -0.350 e. The summed E-state index contributed by atoms with van der Waals surface area (Å²) in [5, 5.41) is 13.3. The molecule has 0 spiro atoms. The van der Waals surface area contributed by atoms with E-state index in [1.807, 2.05) is 19.9 Å². The molecule has 3 rings (SSSR count). The van der Waals surface area contributed by atoms with Gasteiger partial charge in [-0.15, -0.1) is 0 Å². The minimum absolute atomic E-state index is 0.198. The Balaban J connectivity index is 1.70. The highest BCUT2D eigenvalue weighted by Crippen LogP contribution is 2.23. The number of halogens is 1. The summed E-state index contributed by atoms with van der Waals surface area (Å²) in [6.45, 7) is 5.91. The van der Waals surface area contributed by atoms with E-state index in [0.717, 1.165) is 29.8 Å². The third-order valence-corrected chi connectivity index (χ3v) is 4.32. The predicted octanol–water partition coefficient (Wildman–Crippen LogP) is 1.90. The van der Waals surface area contributed by atoms with Crippen LogP contribution in [0.2, 0.25) is 0 Å². The second-order valence-corrected chi connectivity index (χ2v) is 6.53. The van der Waals surface area contributed by atoms with Crippen molar-refractivity contribution in [1.29, 1.82) is 0 Å². The molecule has 6 heteroatoms. The molecule has 2 heterocycles. The monoisotopic (exact) mass is 316 g/mol. The van der Waals surface area contributed by atoms with E-state index in [1.165, 1.54) is 12.1 Å². The molecule has 2 aromatic rings. The SMILES string of the molecule is CC(C)(CNC(=O)c1n[nH]c2c1CNCC2)c1cccc(F)c1. The molecule has 5 nitrogen and oxygen atoms in total. The van der Waals surface area contributed by atoms with Crippen LogP contribution in [0, 0.1) is 5.82 Å². The average Bonchev–Trinajstić information content (AvgIpc) is 2.97. The molecular weight excluding hydrogens is 295 g/mol. The molecule has 0 radical (unpaired) electrons. The molecule has 0 unspecified atom stereocenters. The lowest BCUT2D eigenvalue weighted by atomic mass is 9.84. The van der Waals surface area contributed by atoms with E-state index in [4.69, 9.17) is 0 Å². The van der Waals surface area contributed by atoms with Crippen LogP contribution in [-0.4, -0.2) is 29.2 Å². The van der Waals surface area contributed by atoms with Crippen molar-refractivity contribution in [3.8, 4) is 0 Å². The van der Waals surface area contributed by atoms with Gasteiger partial charge in [0.2, 0.25) is 0 Å². The van der Waals surface area contributed by atoms with Gasteiger partial charge in [0.25, 0.3) is 5.91 Å². The van der Waals surface area contributed by atoms with Crippen LogP contribution in [0.5, 0.6) is 0 Å². The molecule has 1 aromatic carbocycles. The second kappa shape index (κ2) is 6.12. The number of fused-ring (bicyclic) bond motifs is 1. The van der Waals surface area contributed by atoms with Gasteiger partial charge in [-0.05, 0) is 17.7 Å². The molecule has 122 valence electrons. The van der Waals surface area contributed by atoms with Crippen molar-refractivity contribution >= 4 is 5.91 Å². The Morgan fingerprint density at radius 2 is 2.26 bits per heavy atom.